The molecule has 1 aliphatic heterocycles. The maximum atomic E-state index is 11.1. The molecular weight excluding hydrogens is 246 g/mol. The number of aromatic nitrogens is 2. The highest BCUT2D eigenvalue weighted by atomic mass is 32.2. The SMILES string of the molecule is NC(=O)c1ccc2c(c1)CCC(n1ccnc1)S2. The predicted octanol–water partition coefficient (Wildman–Crippen LogP) is 2.22. The number of imidazole rings is 1. The fourth-order valence-corrected chi connectivity index (χ4v) is 3.41. The Bertz CT molecular complexity index is 580. The summed E-state index contributed by atoms with van der Waals surface area (Å²) >= 11 is 1.81. The van der Waals surface area contributed by atoms with Crippen molar-refractivity contribution in [1.82, 2.24) is 9.55 Å². The van der Waals surface area contributed by atoms with Gasteiger partial charge in [0.2, 0.25) is 5.91 Å². The number of hydrogen-bond acceptors (Lipinski definition) is 3. The van der Waals surface area contributed by atoms with E-state index in [0.29, 0.717) is 10.9 Å². The number of nitrogens with zero attached hydrogens (tertiary/aromatic N) is 2. The summed E-state index contributed by atoms with van der Waals surface area (Å²) < 4.78 is 2.12. The summed E-state index contributed by atoms with van der Waals surface area (Å²) in [5.74, 6) is -0.362. The number of amides is 1. The molecular formula is C13H13N3OS. The van der Waals surface area contributed by atoms with Crippen molar-refractivity contribution in [3.63, 3.8) is 0 Å². The second-order valence-corrected chi connectivity index (χ2v) is 5.53. The quantitative estimate of drug-likeness (QED) is 0.899. The molecule has 3 rings (SSSR count). The van der Waals surface area contributed by atoms with Gasteiger partial charge in [-0.25, -0.2) is 4.98 Å². The van der Waals surface area contributed by atoms with Gasteiger partial charge >= 0.3 is 0 Å². The molecule has 92 valence electrons. The van der Waals surface area contributed by atoms with Crippen molar-refractivity contribution in [3.05, 3.63) is 48.0 Å². The van der Waals surface area contributed by atoms with Crippen LogP contribution in [0.5, 0.6) is 0 Å². The van der Waals surface area contributed by atoms with Crippen molar-refractivity contribution in [2.75, 3.05) is 0 Å². The molecule has 0 fully saturated rings. The number of primary amides is 1. The molecule has 4 nitrogen and oxygen atoms in total. The Kier molecular flexibility index (Phi) is 2.83. The second-order valence-electron chi connectivity index (χ2n) is 4.31. The lowest BCUT2D eigenvalue weighted by molar-refractivity contribution is 0.1000. The van der Waals surface area contributed by atoms with Gasteiger partial charge in [0.05, 0.1) is 11.7 Å². The van der Waals surface area contributed by atoms with Crippen molar-refractivity contribution in [1.29, 1.82) is 0 Å². The van der Waals surface area contributed by atoms with Crippen LogP contribution in [0.15, 0.2) is 41.8 Å². The minimum absolute atomic E-state index is 0.362. The van der Waals surface area contributed by atoms with Gasteiger partial charge < -0.3 is 10.3 Å². The first-order valence-electron chi connectivity index (χ1n) is 5.81. The van der Waals surface area contributed by atoms with Gasteiger partial charge in [-0.2, -0.15) is 0 Å². The number of aryl methyl sites for hydroxylation is 1. The van der Waals surface area contributed by atoms with Crippen LogP contribution >= 0.6 is 11.8 Å². The normalized spacial score (nSPS) is 18.3. The first-order valence-corrected chi connectivity index (χ1v) is 6.69. The van der Waals surface area contributed by atoms with Crippen LogP contribution in [0, 0.1) is 0 Å². The lowest BCUT2D eigenvalue weighted by Crippen LogP contribution is -2.14. The topological polar surface area (TPSA) is 60.9 Å². The molecule has 1 aromatic carbocycles. The fourth-order valence-electron chi connectivity index (χ4n) is 2.18. The number of hydrogen-bond donors (Lipinski definition) is 1. The average Bonchev–Trinajstić information content (AvgIpc) is 2.91. The van der Waals surface area contributed by atoms with E-state index < -0.39 is 0 Å². The monoisotopic (exact) mass is 259 g/mol. The summed E-state index contributed by atoms with van der Waals surface area (Å²) in [4.78, 5) is 16.4. The second kappa shape index (κ2) is 4.49. The Morgan fingerprint density at radius 2 is 2.39 bits per heavy atom. The molecule has 0 saturated carbocycles. The van der Waals surface area contributed by atoms with Gasteiger partial charge in [-0.05, 0) is 36.6 Å². The number of thioether (sulfide) groups is 1. The van der Waals surface area contributed by atoms with Gasteiger partial charge in [0.25, 0.3) is 0 Å². The molecule has 1 atom stereocenters. The summed E-state index contributed by atoms with van der Waals surface area (Å²) in [7, 11) is 0. The van der Waals surface area contributed by atoms with Crippen LogP contribution in [0.4, 0.5) is 0 Å². The zero-order valence-electron chi connectivity index (χ0n) is 9.74. The van der Waals surface area contributed by atoms with E-state index in [-0.39, 0.29) is 5.91 Å². The summed E-state index contributed by atoms with van der Waals surface area (Å²) in [6.07, 6.45) is 7.63. The number of carbonyl (C=O) groups excluding carboxylic acids is 1. The number of carbonyl (C=O) groups is 1. The molecule has 2 aromatic rings. The summed E-state index contributed by atoms with van der Waals surface area (Å²) in [6.45, 7) is 0. The lowest BCUT2D eigenvalue weighted by Gasteiger charge is -2.25. The average molecular weight is 259 g/mol. The highest BCUT2D eigenvalue weighted by Gasteiger charge is 2.21. The van der Waals surface area contributed by atoms with E-state index in [4.69, 9.17) is 5.73 Å². The Hall–Kier alpha value is -1.75. The van der Waals surface area contributed by atoms with E-state index in [1.54, 1.807) is 24.0 Å². The van der Waals surface area contributed by atoms with Crippen LogP contribution < -0.4 is 5.73 Å². The highest BCUT2D eigenvalue weighted by Crippen LogP contribution is 2.41. The van der Waals surface area contributed by atoms with Gasteiger partial charge in [0.15, 0.2) is 0 Å². The maximum absolute atomic E-state index is 11.1. The van der Waals surface area contributed by atoms with Crippen LogP contribution in [-0.2, 0) is 6.42 Å². The molecule has 1 aromatic heterocycles. The Morgan fingerprint density at radius 1 is 1.50 bits per heavy atom. The molecule has 1 unspecified atom stereocenters. The fraction of sp³-hybridized carbons (Fsp3) is 0.231. The number of fused-ring (bicyclic) bond motifs is 1. The number of benzene rings is 1. The zero-order chi connectivity index (χ0) is 12.5. The van der Waals surface area contributed by atoms with E-state index in [2.05, 4.69) is 9.55 Å². The van der Waals surface area contributed by atoms with Crippen molar-refractivity contribution >= 4 is 17.7 Å². The third-order valence-corrected chi connectivity index (χ3v) is 4.53. The van der Waals surface area contributed by atoms with Gasteiger partial charge in [0.1, 0.15) is 0 Å². The molecule has 0 spiro atoms. The van der Waals surface area contributed by atoms with E-state index >= 15 is 0 Å². The first kappa shape index (κ1) is 11.3. The van der Waals surface area contributed by atoms with Crippen LogP contribution in [0.1, 0.15) is 27.7 Å². The van der Waals surface area contributed by atoms with E-state index in [1.165, 1.54) is 10.5 Å². The van der Waals surface area contributed by atoms with Gasteiger partial charge in [0, 0.05) is 22.9 Å². The third-order valence-electron chi connectivity index (χ3n) is 3.13. The highest BCUT2D eigenvalue weighted by molar-refractivity contribution is 7.99. The molecule has 1 amide bonds. The van der Waals surface area contributed by atoms with Crippen molar-refractivity contribution in [2.45, 2.75) is 23.1 Å². The molecule has 0 radical (unpaired) electrons. The third kappa shape index (κ3) is 2.01. The molecule has 0 saturated heterocycles. The first-order chi connectivity index (χ1) is 8.74. The van der Waals surface area contributed by atoms with Crippen LogP contribution in [-0.4, -0.2) is 15.5 Å². The molecule has 18 heavy (non-hydrogen) atoms. The Balaban J connectivity index is 1.88. The molecule has 0 bridgehead atoms. The zero-order valence-corrected chi connectivity index (χ0v) is 10.6. The van der Waals surface area contributed by atoms with Gasteiger partial charge in [-0.3, -0.25) is 4.79 Å². The largest absolute Gasteiger partial charge is 0.366 e. The molecule has 0 aliphatic carbocycles. The van der Waals surface area contributed by atoms with Crippen LogP contribution in [0.3, 0.4) is 0 Å². The van der Waals surface area contributed by atoms with E-state index in [1.807, 2.05) is 24.7 Å². The minimum atomic E-state index is -0.362. The molecule has 2 heterocycles. The molecule has 2 N–H and O–H groups in total. The van der Waals surface area contributed by atoms with Crippen molar-refractivity contribution in [3.8, 4) is 0 Å². The van der Waals surface area contributed by atoms with Crippen LogP contribution in [0.25, 0.3) is 0 Å². The summed E-state index contributed by atoms with van der Waals surface area (Å²) in [5, 5.41) is 0.388. The lowest BCUT2D eigenvalue weighted by atomic mass is 10.1. The standard InChI is InChI=1S/C13H13N3OS/c14-13(17)10-1-3-11-9(7-10)2-4-12(18-11)16-6-5-15-8-16/h1,3,5-8,12H,2,4H2,(H2,14,17). The smallest absolute Gasteiger partial charge is 0.248 e. The van der Waals surface area contributed by atoms with E-state index in [0.717, 1.165) is 12.8 Å². The number of rotatable bonds is 2. The van der Waals surface area contributed by atoms with Crippen LogP contribution in [0.2, 0.25) is 0 Å². The van der Waals surface area contributed by atoms with Gasteiger partial charge in [-0.1, -0.05) is 0 Å². The molecule has 5 heteroatoms. The Labute approximate surface area is 109 Å². The van der Waals surface area contributed by atoms with Crippen molar-refractivity contribution in [2.24, 2.45) is 5.73 Å². The van der Waals surface area contributed by atoms with E-state index in [9.17, 15) is 4.79 Å². The molecule has 1 aliphatic rings. The number of nitrogens with two attached hydrogens (primary N) is 1. The summed E-state index contributed by atoms with van der Waals surface area (Å²) in [5.41, 5.74) is 7.10. The summed E-state index contributed by atoms with van der Waals surface area (Å²) in [6, 6.07) is 5.70. The maximum Gasteiger partial charge on any atom is 0.248 e. The van der Waals surface area contributed by atoms with Crippen molar-refractivity contribution < 1.29 is 4.79 Å². The Morgan fingerprint density at radius 3 is 3.11 bits per heavy atom. The van der Waals surface area contributed by atoms with Gasteiger partial charge in [-0.15, -0.1) is 11.8 Å². The predicted molar refractivity (Wildman–Crippen MR) is 70.4 cm³/mol. The minimum Gasteiger partial charge on any atom is -0.366 e.